The normalized spacial score (nSPS) is 11.8. The average Bonchev–Trinajstić information content (AvgIpc) is 3.26. The van der Waals surface area contributed by atoms with Crippen LogP contribution in [0.1, 0.15) is 40.4 Å². The minimum atomic E-state index is -0.508. The molecule has 1 atom stereocenters. The summed E-state index contributed by atoms with van der Waals surface area (Å²) in [5, 5.41) is 22.3. The summed E-state index contributed by atoms with van der Waals surface area (Å²) in [5.41, 5.74) is 4.08. The van der Waals surface area contributed by atoms with E-state index in [2.05, 4.69) is 22.4 Å². The fourth-order valence-corrected chi connectivity index (χ4v) is 3.90. The number of nitriles is 1. The summed E-state index contributed by atoms with van der Waals surface area (Å²) < 4.78 is 16.0. The topological polar surface area (TPSA) is 73.9 Å². The van der Waals surface area contributed by atoms with Gasteiger partial charge in [-0.2, -0.15) is 5.26 Å². The van der Waals surface area contributed by atoms with Gasteiger partial charge in [-0.05, 0) is 53.8 Å². The molecule has 1 aromatic heterocycles. The number of aryl methyl sites for hydroxylation is 1. The van der Waals surface area contributed by atoms with E-state index in [1.54, 1.807) is 24.5 Å². The van der Waals surface area contributed by atoms with Crippen LogP contribution in [0.25, 0.3) is 0 Å². The SMILES string of the molecule is N#Cc1ccc(Cn2cncc2CNC(CCc2cccc(O)c2)c2ccccc2)cc1F. The van der Waals surface area contributed by atoms with E-state index in [0.29, 0.717) is 13.1 Å². The highest BCUT2D eigenvalue weighted by atomic mass is 19.1. The van der Waals surface area contributed by atoms with Crippen LogP contribution in [0.15, 0.2) is 85.3 Å². The molecule has 0 saturated heterocycles. The first kappa shape index (κ1) is 22.3. The lowest BCUT2D eigenvalue weighted by atomic mass is 9.98. The summed E-state index contributed by atoms with van der Waals surface area (Å²) in [6.07, 6.45) is 5.23. The van der Waals surface area contributed by atoms with E-state index in [4.69, 9.17) is 5.26 Å². The van der Waals surface area contributed by atoms with Crippen LogP contribution in [0.5, 0.6) is 5.75 Å². The van der Waals surface area contributed by atoms with E-state index in [1.807, 2.05) is 47.2 Å². The van der Waals surface area contributed by atoms with Crippen molar-refractivity contribution in [3.63, 3.8) is 0 Å². The Balaban J connectivity index is 1.45. The van der Waals surface area contributed by atoms with Gasteiger partial charge in [-0.25, -0.2) is 9.37 Å². The number of aromatic nitrogens is 2. The van der Waals surface area contributed by atoms with Crippen molar-refractivity contribution in [3.05, 3.63) is 119 Å². The van der Waals surface area contributed by atoms with Crippen molar-refractivity contribution in [2.24, 2.45) is 0 Å². The number of nitrogens with zero attached hydrogens (tertiary/aromatic N) is 3. The van der Waals surface area contributed by atoms with E-state index in [9.17, 15) is 9.50 Å². The van der Waals surface area contributed by atoms with Gasteiger partial charge in [0.2, 0.25) is 0 Å². The second kappa shape index (κ2) is 10.6. The average molecular weight is 441 g/mol. The smallest absolute Gasteiger partial charge is 0.141 e. The molecule has 1 unspecified atom stereocenters. The highest BCUT2D eigenvalue weighted by molar-refractivity contribution is 5.33. The molecule has 5 nitrogen and oxygen atoms in total. The van der Waals surface area contributed by atoms with Gasteiger partial charge < -0.3 is 15.0 Å². The lowest BCUT2D eigenvalue weighted by Crippen LogP contribution is -2.23. The molecule has 2 N–H and O–H groups in total. The molecule has 4 rings (SSSR count). The number of benzene rings is 3. The van der Waals surface area contributed by atoms with E-state index >= 15 is 0 Å². The van der Waals surface area contributed by atoms with Crippen LogP contribution in [-0.2, 0) is 19.5 Å². The number of imidazole rings is 1. The fourth-order valence-electron chi connectivity index (χ4n) is 3.90. The van der Waals surface area contributed by atoms with Gasteiger partial charge in [0.05, 0.1) is 17.6 Å². The van der Waals surface area contributed by atoms with E-state index < -0.39 is 5.82 Å². The number of nitrogens with one attached hydrogen (secondary N) is 1. The molecule has 0 amide bonds. The van der Waals surface area contributed by atoms with Gasteiger partial charge in [-0.15, -0.1) is 0 Å². The van der Waals surface area contributed by atoms with Gasteiger partial charge in [0.1, 0.15) is 17.6 Å². The van der Waals surface area contributed by atoms with Crippen LogP contribution in [0.4, 0.5) is 4.39 Å². The zero-order chi connectivity index (χ0) is 23.0. The summed E-state index contributed by atoms with van der Waals surface area (Å²) in [4.78, 5) is 4.28. The quantitative estimate of drug-likeness (QED) is 0.379. The molecule has 0 aliphatic heterocycles. The lowest BCUT2D eigenvalue weighted by molar-refractivity contribution is 0.471. The number of hydrogen-bond acceptors (Lipinski definition) is 4. The molecule has 0 aliphatic rings. The summed E-state index contributed by atoms with van der Waals surface area (Å²) in [6.45, 7) is 1.07. The van der Waals surface area contributed by atoms with E-state index in [1.165, 1.54) is 17.7 Å². The Morgan fingerprint density at radius 1 is 1.03 bits per heavy atom. The minimum absolute atomic E-state index is 0.0451. The molecule has 3 aromatic carbocycles. The van der Waals surface area contributed by atoms with Crippen LogP contribution in [0.2, 0.25) is 0 Å². The van der Waals surface area contributed by atoms with Crippen molar-refractivity contribution in [2.45, 2.75) is 32.0 Å². The van der Waals surface area contributed by atoms with Crippen LogP contribution < -0.4 is 5.32 Å². The van der Waals surface area contributed by atoms with Crippen LogP contribution in [0, 0.1) is 17.1 Å². The fraction of sp³-hybridized carbons (Fsp3) is 0.185. The first-order valence-electron chi connectivity index (χ1n) is 10.9. The van der Waals surface area contributed by atoms with Crippen molar-refractivity contribution in [1.29, 1.82) is 5.26 Å². The van der Waals surface area contributed by atoms with Gasteiger partial charge in [0.25, 0.3) is 0 Å². The third-order valence-corrected chi connectivity index (χ3v) is 5.67. The highest BCUT2D eigenvalue weighted by Crippen LogP contribution is 2.22. The Morgan fingerprint density at radius 2 is 1.88 bits per heavy atom. The highest BCUT2D eigenvalue weighted by Gasteiger charge is 2.13. The largest absolute Gasteiger partial charge is 0.508 e. The molecule has 0 aliphatic carbocycles. The summed E-state index contributed by atoms with van der Waals surface area (Å²) >= 11 is 0. The minimum Gasteiger partial charge on any atom is -0.508 e. The standard InChI is InChI=1S/C27H25FN4O/c28-26-14-21(9-11-23(26)15-29)18-32-19-30-16-24(32)17-31-27(22-6-2-1-3-7-22)12-10-20-5-4-8-25(33)13-20/h1-9,11,13-14,16,19,27,31,33H,10,12,17-18H2. The van der Waals surface area contributed by atoms with E-state index in [-0.39, 0.29) is 17.4 Å². The summed E-state index contributed by atoms with van der Waals surface area (Å²) in [6, 6.07) is 24.3. The van der Waals surface area contributed by atoms with Crippen molar-refractivity contribution in [1.82, 2.24) is 14.9 Å². The molecule has 6 heteroatoms. The first-order valence-corrected chi connectivity index (χ1v) is 10.9. The predicted molar refractivity (Wildman–Crippen MR) is 125 cm³/mol. The third-order valence-electron chi connectivity index (χ3n) is 5.67. The number of halogens is 1. The zero-order valence-electron chi connectivity index (χ0n) is 18.2. The predicted octanol–water partition coefficient (Wildman–Crippen LogP) is 5.11. The molecule has 33 heavy (non-hydrogen) atoms. The van der Waals surface area contributed by atoms with Gasteiger partial charge in [0.15, 0.2) is 0 Å². The van der Waals surface area contributed by atoms with Gasteiger partial charge >= 0.3 is 0 Å². The van der Waals surface area contributed by atoms with Crippen molar-refractivity contribution in [3.8, 4) is 11.8 Å². The molecule has 166 valence electrons. The molecule has 0 bridgehead atoms. The molecular weight excluding hydrogens is 415 g/mol. The number of phenols is 1. The monoisotopic (exact) mass is 440 g/mol. The molecule has 0 saturated carbocycles. The molecular formula is C27H25FN4O. The summed E-state index contributed by atoms with van der Waals surface area (Å²) in [7, 11) is 0. The van der Waals surface area contributed by atoms with Gasteiger partial charge in [-0.1, -0.05) is 48.5 Å². The van der Waals surface area contributed by atoms with E-state index in [0.717, 1.165) is 29.7 Å². The molecule has 0 radical (unpaired) electrons. The van der Waals surface area contributed by atoms with Crippen LogP contribution >= 0.6 is 0 Å². The lowest BCUT2D eigenvalue weighted by Gasteiger charge is -2.20. The maximum atomic E-state index is 14.0. The van der Waals surface area contributed by atoms with Crippen molar-refractivity contribution in [2.75, 3.05) is 0 Å². The number of rotatable bonds is 9. The maximum Gasteiger partial charge on any atom is 0.141 e. The Kier molecular flexibility index (Phi) is 7.13. The van der Waals surface area contributed by atoms with Crippen molar-refractivity contribution < 1.29 is 9.50 Å². The first-order chi connectivity index (χ1) is 16.1. The second-order valence-corrected chi connectivity index (χ2v) is 7.99. The Hall–Kier alpha value is -3.95. The van der Waals surface area contributed by atoms with Gasteiger partial charge in [-0.3, -0.25) is 0 Å². The Bertz CT molecular complexity index is 1250. The number of aromatic hydroxyl groups is 1. The molecule has 4 aromatic rings. The molecule has 0 fully saturated rings. The van der Waals surface area contributed by atoms with Crippen molar-refractivity contribution >= 4 is 0 Å². The Morgan fingerprint density at radius 3 is 2.64 bits per heavy atom. The Labute approximate surface area is 192 Å². The number of phenolic OH excluding ortho intramolecular Hbond substituents is 1. The molecule has 1 heterocycles. The molecule has 0 spiro atoms. The summed E-state index contributed by atoms with van der Waals surface area (Å²) in [5.74, 6) is -0.231. The maximum absolute atomic E-state index is 14.0. The van der Waals surface area contributed by atoms with Crippen LogP contribution in [-0.4, -0.2) is 14.7 Å². The van der Waals surface area contributed by atoms with Gasteiger partial charge in [0, 0.05) is 25.3 Å². The second-order valence-electron chi connectivity index (χ2n) is 7.99. The zero-order valence-corrected chi connectivity index (χ0v) is 18.2. The third kappa shape index (κ3) is 5.85. The van der Waals surface area contributed by atoms with Crippen LogP contribution in [0.3, 0.4) is 0 Å². The number of hydrogen-bond donors (Lipinski definition) is 2.